The first-order valence-corrected chi connectivity index (χ1v) is 8.51. The maximum Gasteiger partial charge on any atom is 0.284 e. The van der Waals surface area contributed by atoms with Crippen LogP contribution in [0.2, 0.25) is 0 Å². The number of hydrogen-bond acceptors (Lipinski definition) is 6. The summed E-state index contributed by atoms with van der Waals surface area (Å²) in [6, 6.07) is 4.56. The van der Waals surface area contributed by atoms with Gasteiger partial charge >= 0.3 is 0 Å². The number of anilines is 1. The van der Waals surface area contributed by atoms with Gasteiger partial charge in [-0.15, -0.1) is 14.6 Å². The van der Waals surface area contributed by atoms with E-state index in [4.69, 9.17) is 10.2 Å². The molecule has 0 unspecified atom stereocenters. The second-order valence-corrected chi connectivity index (χ2v) is 7.20. The summed E-state index contributed by atoms with van der Waals surface area (Å²) >= 11 is 0. The van der Waals surface area contributed by atoms with Crippen LogP contribution in [0.4, 0.5) is 5.69 Å². The maximum atomic E-state index is 12.5. The Hall–Kier alpha value is -2.42. The molecule has 2 aromatic rings. The standard InChI is InChI=1S/C14H17N5O3S/c1-19(2)8-16-23(20,21)11-5-3-4-10(15)12(11)14-18-17-13(22-14)9-6-7-9/h3-5,8-9H,6-7,15H2,1-2H3. The topological polar surface area (TPSA) is 115 Å². The molecule has 1 aliphatic rings. The van der Waals surface area contributed by atoms with Crippen molar-refractivity contribution >= 4 is 22.0 Å². The van der Waals surface area contributed by atoms with E-state index in [9.17, 15) is 8.42 Å². The van der Waals surface area contributed by atoms with Gasteiger partial charge in [-0.1, -0.05) is 6.07 Å². The average molecular weight is 335 g/mol. The fourth-order valence-corrected chi connectivity index (χ4v) is 3.18. The van der Waals surface area contributed by atoms with Crippen molar-refractivity contribution in [3.05, 3.63) is 24.1 Å². The summed E-state index contributed by atoms with van der Waals surface area (Å²) in [7, 11) is -0.572. The fourth-order valence-electron chi connectivity index (χ4n) is 2.04. The summed E-state index contributed by atoms with van der Waals surface area (Å²) in [4.78, 5) is 1.48. The van der Waals surface area contributed by atoms with E-state index in [2.05, 4.69) is 14.6 Å². The molecule has 122 valence electrons. The number of nitrogens with zero attached hydrogens (tertiary/aromatic N) is 4. The molecule has 1 heterocycles. The molecule has 1 aromatic carbocycles. The Morgan fingerprint density at radius 2 is 2.09 bits per heavy atom. The summed E-state index contributed by atoms with van der Waals surface area (Å²) in [5, 5.41) is 7.93. The Labute approximate surface area is 134 Å². The molecule has 3 rings (SSSR count). The lowest BCUT2D eigenvalue weighted by atomic mass is 10.2. The third kappa shape index (κ3) is 3.19. The molecule has 0 aliphatic heterocycles. The molecule has 0 radical (unpaired) electrons. The van der Waals surface area contributed by atoms with Gasteiger partial charge in [-0.3, -0.25) is 0 Å². The molecule has 1 saturated carbocycles. The zero-order valence-corrected chi connectivity index (χ0v) is 13.6. The highest BCUT2D eigenvalue weighted by atomic mass is 32.2. The van der Waals surface area contributed by atoms with Crippen molar-refractivity contribution in [2.75, 3.05) is 19.8 Å². The highest BCUT2D eigenvalue weighted by Crippen LogP contribution is 2.41. The van der Waals surface area contributed by atoms with Gasteiger partial charge in [-0.25, -0.2) is 0 Å². The monoisotopic (exact) mass is 335 g/mol. The molecule has 0 atom stereocenters. The minimum atomic E-state index is -3.93. The van der Waals surface area contributed by atoms with Crippen molar-refractivity contribution in [2.45, 2.75) is 23.7 Å². The van der Waals surface area contributed by atoms with Crippen LogP contribution in [0.3, 0.4) is 0 Å². The smallest absolute Gasteiger partial charge is 0.284 e. The Kier molecular flexibility index (Phi) is 3.80. The Bertz CT molecular complexity index is 853. The van der Waals surface area contributed by atoms with Gasteiger partial charge in [0.15, 0.2) is 0 Å². The van der Waals surface area contributed by atoms with Crippen molar-refractivity contribution in [2.24, 2.45) is 4.40 Å². The Morgan fingerprint density at radius 1 is 1.35 bits per heavy atom. The normalized spacial score (nSPS) is 15.2. The molecular formula is C14H17N5O3S. The lowest BCUT2D eigenvalue weighted by Gasteiger charge is -2.08. The van der Waals surface area contributed by atoms with Crippen LogP contribution in [-0.4, -0.2) is 43.9 Å². The van der Waals surface area contributed by atoms with Gasteiger partial charge in [0.25, 0.3) is 15.9 Å². The zero-order valence-electron chi connectivity index (χ0n) is 12.8. The van der Waals surface area contributed by atoms with Gasteiger partial charge in [0, 0.05) is 25.7 Å². The second-order valence-electron chi connectivity index (χ2n) is 5.60. The number of nitrogens with two attached hydrogens (primary N) is 1. The Balaban J connectivity index is 2.09. The van der Waals surface area contributed by atoms with Crippen molar-refractivity contribution in [1.82, 2.24) is 15.1 Å². The minimum absolute atomic E-state index is 0.0541. The van der Waals surface area contributed by atoms with Crippen molar-refractivity contribution in [3.63, 3.8) is 0 Å². The first-order valence-electron chi connectivity index (χ1n) is 7.07. The number of aromatic nitrogens is 2. The molecule has 1 aliphatic carbocycles. The summed E-state index contributed by atoms with van der Waals surface area (Å²) in [5.74, 6) is 0.889. The quantitative estimate of drug-likeness (QED) is 0.500. The summed E-state index contributed by atoms with van der Waals surface area (Å²) in [5.41, 5.74) is 6.40. The molecule has 8 nitrogen and oxygen atoms in total. The van der Waals surface area contributed by atoms with E-state index in [1.54, 1.807) is 26.2 Å². The third-order valence-electron chi connectivity index (χ3n) is 3.33. The number of sulfonamides is 1. The minimum Gasteiger partial charge on any atom is -0.420 e. The highest BCUT2D eigenvalue weighted by Gasteiger charge is 2.31. The van der Waals surface area contributed by atoms with Crippen LogP contribution >= 0.6 is 0 Å². The third-order valence-corrected chi connectivity index (χ3v) is 4.60. The van der Waals surface area contributed by atoms with Crippen LogP contribution in [0.5, 0.6) is 0 Å². The van der Waals surface area contributed by atoms with Crippen molar-refractivity contribution in [1.29, 1.82) is 0 Å². The van der Waals surface area contributed by atoms with Gasteiger partial charge in [0.2, 0.25) is 5.89 Å². The van der Waals surface area contributed by atoms with Crippen molar-refractivity contribution in [3.8, 4) is 11.5 Å². The molecule has 9 heteroatoms. The van der Waals surface area contributed by atoms with Crippen molar-refractivity contribution < 1.29 is 12.8 Å². The molecule has 1 fully saturated rings. The molecule has 2 N–H and O–H groups in total. The van der Waals surface area contributed by atoms with E-state index >= 15 is 0 Å². The number of hydrogen-bond donors (Lipinski definition) is 1. The summed E-state index contributed by atoms with van der Waals surface area (Å²) in [6.07, 6.45) is 3.22. The average Bonchev–Trinajstić information content (AvgIpc) is 3.23. The first-order chi connectivity index (χ1) is 10.9. The largest absolute Gasteiger partial charge is 0.420 e. The van der Waals surface area contributed by atoms with E-state index in [0.29, 0.717) is 5.89 Å². The van der Waals surface area contributed by atoms with Crippen LogP contribution in [-0.2, 0) is 10.0 Å². The molecule has 1 aromatic heterocycles. The fraction of sp³-hybridized carbons (Fsp3) is 0.357. The molecule has 23 heavy (non-hydrogen) atoms. The molecule has 0 spiro atoms. The van der Waals surface area contributed by atoms with E-state index in [0.717, 1.165) is 12.8 Å². The lowest BCUT2D eigenvalue weighted by Crippen LogP contribution is -2.11. The number of benzene rings is 1. The molecule has 0 amide bonds. The van der Waals surface area contributed by atoms with E-state index in [1.807, 2.05) is 0 Å². The van der Waals surface area contributed by atoms with Crippen LogP contribution in [0.15, 0.2) is 31.9 Å². The van der Waals surface area contributed by atoms with E-state index in [-0.39, 0.29) is 28.0 Å². The lowest BCUT2D eigenvalue weighted by molar-refractivity contribution is 0.507. The molecular weight excluding hydrogens is 318 g/mol. The predicted molar refractivity (Wildman–Crippen MR) is 85.5 cm³/mol. The first kappa shape index (κ1) is 15.5. The van der Waals surface area contributed by atoms with Gasteiger partial charge < -0.3 is 15.1 Å². The predicted octanol–water partition coefficient (Wildman–Crippen LogP) is 1.47. The SMILES string of the molecule is CN(C)C=NS(=O)(=O)c1cccc(N)c1-c1nnc(C2CC2)o1. The van der Waals surface area contributed by atoms with Gasteiger partial charge in [0.1, 0.15) is 11.2 Å². The summed E-state index contributed by atoms with van der Waals surface area (Å²) in [6.45, 7) is 0. The maximum absolute atomic E-state index is 12.5. The highest BCUT2D eigenvalue weighted by molar-refractivity contribution is 7.90. The zero-order chi connectivity index (χ0) is 16.6. The van der Waals surface area contributed by atoms with Crippen LogP contribution < -0.4 is 5.73 Å². The van der Waals surface area contributed by atoms with E-state index < -0.39 is 10.0 Å². The van der Waals surface area contributed by atoms with Crippen LogP contribution in [0.1, 0.15) is 24.7 Å². The molecule has 0 saturated heterocycles. The molecule has 0 bridgehead atoms. The number of rotatable bonds is 5. The Morgan fingerprint density at radius 3 is 2.74 bits per heavy atom. The van der Waals surface area contributed by atoms with Gasteiger partial charge in [0.05, 0.1) is 5.56 Å². The van der Waals surface area contributed by atoms with Gasteiger partial charge in [-0.2, -0.15) is 8.42 Å². The van der Waals surface area contributed by atoms with Crippen LogP contribution in [0, 0.1) is 0 Å². The summed E-state index contributed by atoms with van der Waals surface area (Å²) < 4.78 is 34.2. The van der Waals surface area contributed by atoms with Crippen LogP contribution in [0.25, 0.3) is 11.5 Å². The number of nitrogen functional groups attached to an aromatic ring is 1. The van der Waals surface area contributed by atoms with E-state index in [1.165, 1.54) is 17.3 Å². The van der Waals surface area contributed by atoms with Gasteiger partial charge in [-0.05, 0) is 25.0 Å². The second kappa shape index (κ2) is 5.65.